The number of aliphatic hydroxyl groups excluding tert-OH is 1. The van der Waals surface area contributed by atoms with Crippen molar-refractivity contribution >= 4 is 11.6 Å². The van der Waals surface area contributed by atoms with Gasteiger partial charge in [-0.1, -0.05) is 6.07 Å². The largest absolute Gasteiger partial charge is 0.396 e. The topological polar surface area (TPSA) is 66.6 Å². The van der Waals surface area contributed by atoms with E-state index in [0.717, 1.165) is 0 Å². The van der Waals surface area contributed by atoms with Gasteiger partial charge in [0.05, 0.1) is 5.69 Å². The predicted octanol–water partition coefficient (Wildman–Crippen LogP) is 0.555. The molecule has 0 radical (unpaired) electrons. The molecule has 86 valence electrons. The van der Waals surface area contributed by atoms with E-state index in [1.54, 1.807) is 0 Å². The van der Waals surface area contributed by atoms with Gasteiger partial charge in [-0.15, -0.1) is 0 Å². The van der Waals surface area contributed by atoms with Gasteiger partial charge in [-0.25, -0.2) is 4.39 Å². The molecule has 16 heavy (non-hydrogen) atoms. The van der Waals surface area contributed by atoms with E-state index in [0.29, 0.717) is 24.2 Å². The number of aliphatic hydroxyl groups is 1. The number of amides is 1. The first-order valence-corrected chi connectivity index (χ1v) is 5.12. The van der Waals surface area contributed by atoms with Gasteiger partial charge in [0.25, 0.3) is 0 Å². The molecule has 0 spiro atoms. The van der Waals surface area contributed by atoms with Crippen LogP contribution < -0.4 is 10.6 Å². The monoisotopic (exact) mass is 224 g/mol. The molecule has 1 unspecified atom stereocenters. The molecular formula is C11H13FN2O2. The number of carbonyl (C=O) groups excluding carboxylic acids is 1. The fourth-order valence-electron chi connectivity index (χ4n) is 1.89. The quantitative estimate of drug-likeness (QED) is 0.788. The molecule has 0 saturated heterocycles. The number of benzene rings is 1. The molecule has 1 aromatic carbocycles. The van der Waals surface area contributed by atoms with Crippen LogP contribution in [0.25, 0.3) is 0 Å². The zero-order chi connectivity index (χ0) is 11.7. The third kappa shape index (κ3) is 1.68. The first kappa shape index (κ1) is 11.0. The Labute approximate surface area is 92.5 Å². The van der Waals surface area contributed by atoms with Crippen molar-refractivity contribution in [1.82, 2.24) is 0 Å². The van der Waals surface area contributed by atoms with Crippen molar-refractivity contribution in [3.63, 3.8) is 0 Å². The third-order valence-corrected chi connectivity index (χ3v) is 2.69. The van der Waals surface area contributed by atoms with Gasteiger partial charge in [0.15, 0.2) is 0 Å². The number of anilines is 1. The molecule has 4 nitrogen and oxygen atoms in total. The SMILES string of the molecule is NC1C(=O)N(CCCO)c2cc(F)ccc21. The minimum absolute atomic E-state index is 0.0103. The number of nitrogens with zero attached hydrogens (tertiary/aromatic N) is 1. The highest BCUT2D eigenvalue weighted by atomic mass is 19.1. The van der Waals surface area contributed by atoms with Gasteiger partial charge < -0.3 is 15.7 Å². The summed E-state index contributed by atoms with van der Waals surface area (Å²) in [5.74, 6) is -0.635. The number of carbonyl (C=O) groups is 1. The fraction of sp³-hybridized carbons (Fsp3) is 0.364. The molecule has 5 heteroatoms. The van der Waals surface area contributed by atoms with Crippen LogP contribution in [0.15, 0.2) is 18.2 Å². The minimum Gasteiger partial charge on any atom is -0.396 e. The van der Waals surface area contributed by atoms with E-state index in [1.807, 2.05) is 0 Å². The number of halogens is 1. The molecule has 1 aliphatic rings. The lowest BCUT2D eigenvalue weighted by Gasteiger charge is -2.16. The molecule has 0 aromatic heterocycles. The van der Waals surface area contributed by atoms with Crippen LogP contribution in [0, 0.1) is 5.82 Å². The van der Waals surface area contributed by atoms with E-state index in [2.05, 4.69) is 0 Å². The lowest BCUT2D eigenvalue weighted by Crippen LogP contribution is -2.32. The van der Waals surface area contributed by atoms with Gasteiger partial charge in [0, 0.05) is 18.7 Å². The lowest BCUT2D eigenvalue weighted by atomic mass is 10.1. The second kappa shape index (κ2) is 4.19. The standard InChI is InChI=1S/C11H13FN2O2/c12-7-2-3-8-9(6-7)14(4-1-5-15)11(16)10(8)13/h2-3,6,10,15H,1,4-5,13H2. The van der Waals surface area contributed by atoms with Crippen molar-refractivity contribution in [2.75, 3.05) is 18.1 Å². The average molecular weight is 224 g/mol. The molecule has 1 aliphatic heterocycles. The average Bonchev–Trinajstić information content (AvgIpc) is 2.50. The summed E-state index contributed by atoms with van der Waals surface area (Å²) in [7, 11) is 0. The molecule has 0 fully saturated rings. The fourth-order valence-corrected chi connectivity index (χ4v) is 1.89. The van der Waals surface area contributed by atoms with Crippen molar-refractivity contribution in [3.8, 4) is 0 Å². The molecule has 1 heterocycles. The molecule has 3 N–H and O–H groups in total. The van der Waals surface area contributed by atoms with E-state index in [9.17, 15) is 9.18 Å². The first-order valence-electron chi connectivity index (χ1n) is 5.12. The van der Waals surface area contributed by atoms with Crippen LogP contribution in [-0.2, 0) is 4.79 Å². The normalized spacial score (nSPS) is 19.1. The Morgan fingerprint density at radius 2 is 2.25 bits per heavy atom. The Hall–Kier alpha value is -1.46. The smallest absolute Gasteiger partial charge is 0.248 e. The second-order valence-electron chi connectivity index (χ2n) is 3.75. The maximum absolute atomic E-state index is 13.1. The van der Waals surface area contributed by atoms with E-state index in [-0.39, 0.29) is 12.5 Å². The first-order chi connectivity index (χ1) is 7.65. The number of fused-ring (bicyclic) bond motifs is 1. The maximum atomic E-state index is 13.1. The summed E-state index contributed by atoms with van der Waals surface area (Å²) >= 11 is 0. The van der Waals surface area contributed by atoms with E-state index in [4.69, 9.17) is 10.8 Å². The van der Waals surface area contributed by atoms with Crippen LogP contribution in [0.3, 0.4) is 0 Å². The maximum Gasteiger partial charge on any atom is 0.248 e. The van der Waals surface area contributed by atoms with E-state index < -0.39 is 11.9 Å². The van der Waals surface area contributed by atoms with E-state index in [1.165, 1.54) is 23.1 Å². The van der Waals surface area contributed by atoms with Crippen molar-refractivity contribution in [3.05, 3.63) is 29.6 Å². The predicted molar refractivity (Wildman–Crippen MR) is 57.4 cm³/mol. The van der Waals surface area contributed by atoms with E-state index >= 15 is 0 Å². The Bertz CT molecular complexity index is 422. The third-order valence-electron chi connectivity index (χ3n) is 2.69. The summed E-state index contributed by atoms with van der Waals surface area (Å²) in [6, 6.07) is 3.42. The summed E-state index contributed by atoms with van der Waals surface area (Å²) < 4.78 is 13.1. The van der Waals surface area contributed by atoms with Gasteiger partial charge in [-0.3, -0.25) is 4.79 Å². The van der Waals surface area contributed by atoms with Gasteiger partial charge in [0.2, 0.25) is 5.91 Å². The molecular weight excluding hydrogens is 211 g/mol. The second-order valence-corrected chi connectivity index (χ2v) is 3.75. The number of rotatable bonds is 3. The summed E-state index contributed by atoms with van der Waals surface area (Å²) in [5, 5.41) is 8.74. The summed E-state index contributed by atoms with van der Waals surface area (Å²) in [4.78, 5) is 13.2. The molecule has 0 bridgehead atoms. The van der Waals surface area contributed by atoms with Crippen LogP contribution in [0.5, 0.6) is 0 Å². The van der Waals surface area contributed by atoms with Crippen LogP contribution in [-0.4, -0.2) is 24.2 Å². The van der Waals surface area contributed by atoms with Crippen molar-refractivity contribution in [2.45, 2.75) is 12.5 Å². The number of hydrogen-bond donors (Lipinski definition) is 2. The number of hydrogen-bond acceptors (Lipinski definition) is 3. The molecule has 1 aromatic rings. The van der Waals surface area contributed by atoms with Crippen LogP contribution in [0.2, 0.25) is 0 Å². The Morgan fingerprint density at radius 3 is 2.94 bits per heavy atom. The van der Waals surface area contributed by atoms with Crippen molar-refractivity contribution in [1.29, 1.82) is 0 Å². The molecule has 2 rings (SSSR count). The zero-order valence-electron chi connectivity index (χ0n) is 8.69. The lowest BCUT2D eigenvalue weighted by molar-refractivity contribution is -0.119. The van der Waals surface area contributed by atoms with Gasteiger partial charge >= 0.3 is 0 Å². The van der Waals surface area contributed by atoms with Crippen LogP contribution >= 0.6 is 0 Å². The van der Waals surface area contributed by atoms with Gasteiger partial charge in [-0.2, -0.15) is 0 Å². The van der Waals surface area contributed by atoms with Crippen LogP contribution in [0.1, 0.15) is 18.0 Å². The number of nitrogens with two attached hydrogens (primary N) is 1. The zero-order valence-corrected chi connectivity index (χ0v) is 8.69. The van der Waals surface area contributed by atoms with Crippen molar-refractivity contribution in [2.24, 2.45) is 5.73 Å². The highest BCUT2D eigenvalue weighted by Gasteiger charge is 2.34. The molecule has 1 amide bonds. The highest BCUT2D eigenvalue weighted by Crippen LogP contribution is 2.34. The summed E-state index contributed by atoms with van der Waals surface area (Å²) in [5.41, 5.74) is 6.89. The molecule has 0 saturated carbocycles. The Morgan fingerprint density at radius 1 is 1.50 bits per heavy atom. The van der Waals surface area contributed by atoms with Crippen LogP contribution in [0.4, 0.5) is 10.1 Å². The minimum atomic E-state index is -0.714. The van der Waals surface area contributed by atoms with Gasteiger partial charge in [0.1, 0.15) is 11.9 Å². The van der Waals surface area contributed by atoms with Gasteiger partial charge in [-0.05, 0) is 18.6 Å². The summed E-state index contributed by atoms with van der Waals surface area (Å²) in [6.07, 6.45) is 0.453. The van der Waals surface area contributed by atoms with Crippen molar-refractivity contribution < 1.29 is 14.3 Å². The molecule has 1 atom stereocenters. The Balaban J connectivity index is 2.35. The molecule has 0 aliphatic carbocycles. The highest BCUT2D eigenvalue weighted by molar-refractivity contribution is 6.04. The Kier molecular flexibility index (Phi) is 2.89. The summed E-state index contributed by atoms with van der Waals surface area (Å²) in [6.45, 7) is 0.350.